The van der Waals surface area contributed by atoms with Crippen molar-refractivity contribution in [3.63, 3.8) is 0 Å². The zero-order valence-electron chi connectivity index (χ0n) is 15.7. The predicted octanol–water partition coefficient (Wildman–Crippen LogP) is 3.92. The molecule has 0 aromatic heterocycles. The molecule has 7 heteroatoms. The summed E-state index contributed by atoms with van der Waals surface area (Å²) in [7, 11) is 0. The Labute approximate surface area is 169 Å². The normalized spacial score (nSPS) is 14.4. The van der Waals surface area contributed by atoms with Crippen molar-refractivity contribution in [3.8, 4) is 0 Å². The second-order valence-corrected chi connectivity index (χ2v) is 7.14. The number of halogens is 1. The number of carbonyl (C=O) groups is 3. The minimum Gasteiger partial charge on any atom is -0.337 e. The molecule has 1 aliphatic heterocycles. The second-order valence-electron chi connectivity index (χ2n) is 6.71. The van der Waals surface area contributed by atoms with E-state index in [1.54, 1.807) is 58.3 Å². The van der Waals surface area contributed by atoms with Crippen LogP contribution in [0.3, 0.4) is 0 Å². The average molecular weight is 400 g/mol. The number of Topliss-reactive ketones (excluding diaryl/α,β-unsaturated/α-hetero) is 1. The maximum Gasteiger partial charge on any atom is 0.321 e. The van der Waals surface area contributed by atoms with E-state index in [-0.39, 0.29) is 17.7 Å². The van der Waals surface area contributed by atoms with Gasteiger partial charge >= 0.3 is 6.03 Å². The highest BCUT2D eigenvalue weighted by molar-refractivity contribution is 6.30. The van der Waals surface area contributed by atoms with E-state index < -0.39 is 0 Å². The summed E-state index contributed by atoms with van der Waals surface area (Å²) in [6.45, 7) is 3.54. The topological polar surface area (TPSA) is 69.7 Å². The van der Waals surface area contributed by atoms with Gasteiger partial charge in [-0.25, -0.2) is 4.79 Å². The van der Waals surface area contributed by atoms with Gasteiger partial charge in [0.05, 0.1) is 0 Å². The van der Waals surface area contributed by atoms with Gasteiger partial charge in [-0.1, -0.05) is 29.8 Å². The average Bonchev–Trinajstić information content (AvgIpc) is 2.94. The number of nitrogens with one attached hydrogen (secondary N) is 1. The largest absolute Gasteiger partial charge is 0.337 e. The van der Waals surface area contributed by atoms with Gasteiger partial charge in [-0.15, -0.1) is 0 Å². The highest BCUT2D eigenvalue weighted by atomic mass is 35.5. The van der Waals surface area contributed by atoms with Crippen LogP contribution in [0.4, 0.5) is 10.5 Å². The Morgan fingerprint density at radius 2 is 1.54 bits per heavy atom. The highest BCUT2D eigenvalue weighted by Gasteiger charge is 2.23. The first-order chi connectivity index (χ1) is 13.4. The monoisotopic (exact) mass is 399 g/mol. The van der Waals surface area contributed by atoms with Crippen LogP contribution in [0.1, 0.15) is 34.1 Å². The van der Waals surface area contributed by atoms with Crippen molar-refractivity contribution in [3.05, 3.63) is 64.7 Å². The maximum absolute atomic E-state index is 12.7. The Hall–Kier alpha value is -2.86. The van der Waals surface area contributed by atoms with Gasteiger partial charge in [0.25, 0.3) is 5.91 Å². The Bertz CT molecular complexity index is 883. The van der Waals surface area contributed by atoms with Crippen LogP contribution in [0, 0.1) is 0 Å². The summed E-state index contributed by atoms with van der Waals surface area (Å²) in [6.07, 6.45) is 0.695. The fraction of sp³-hybridized carbons (Fsp3) is 0.286. The van der Waals surface area contributed by atoms with Crippen LogP contribution < -0.4 is 5.32 Å². The Balaban J connectivity index is 1.60. The second kappa shape index (κ2) is 8.89. The van der Waals surface area contributed by atoms with E-state index in [2.05, 4.69) is 5.32 Å². The molecule has 3 rings (SSSR count). The SMILES string of the molecule is CC(=O)c1ccc(C(=O)N2CCCN(C(=O)Nc3cccc(Cl)c3)CC2)cc1. The van der Waals surface area contributed by atoms with Gasteiger partial charge in [-0.2, -0.15) is 0 Å². The van der Waals surface area contributed by atoms with Crippen LogP contribution in [-0.4, -0.2) is 53.7 Å². The summed E-state index contributed by atoms with van der Waals surface area (Å²) in [5.41, 5.74) is 1.76. The van der Waals surface area contributed by atoms with Gasteiger partial charge in [-0.05, 0) is 43.7 Å². The Kier molecular flexibility index (Phi) is 6.31. The highest BCUT2D eigenvalue weighted by Crippen LogP contribution is 2.16. The van der Waals surface area contributed by atoms with Gasteiger partial charge in [0, 0.05) is 48.0 Å². The van der Waals surface area contributed by atoms with Crippen LogP contribution in [0.25, 0.3) is 0 Å². The Morgan fingerprint density at radius 1 is 0.893 bits per heavy atom. The number of benzene rings is 2. The van der Waals surface area contributed by atoms with Gasteiger partial charge in [0.1, 0.15) is 0 Å². The van der Waals surface area contributed by atoms with Crippen molar-refractivity contribution in [2.24, 2.45) is 0 Å². The van der Waals surface area contributed by atoms with E-state index >= 15 is 0 Å². The van der Waals surface area contributed by atoms with E-state index in [9.17, 15) is 14.4 Å². The minimum atomic E-state index is -0.206. The molecule has 2 aromatic carbocycles. The molecule has 0 radical (unpaired) electrons. The van der Waals surface area contributed by atoms with Gasteiger partial charge in [0.15, 0.2) is 5.78 Å². The minimum absolute atomic E-state index is 0.0323. The standard InChI is InChI=1S/C21H22ClN3O3/c1-15(26)16-6-8-17(9-7-16)20(27)24-10-3-11-25(13-12-24)21(28)23-19-5-2-4-18(22)14-19/h2,4-9,14H,3,10-13H2,1H3,(H,23,28). The van der Waals surface area contributed by atoms with Crippen molar-refractivity contribution in [1.29, 1.82) is 0 Å². The maximum atomic E-state index is 12.7. The summed E-state index contributed by atoms with van der Waals surface area (Å²) < 4.78 is 0. The molecule has 28 heavy (non-hydrogen) atoms. The molecule has 0 unspecified atom stereocenters. The summed E-state index contributed by atoms with van der Waals surface area (Å²) >= 11 is 5.95. The summed E-state index contributed by atoms with van der Waals surface area (Å²) in [4.78, 5) is 40.1. The third-order valence-corrected chi connectivity index (χ3v) is 4.92. The fourth-order valence-corrected chi connectivity index (χ4v) is 3.31. The number of hydrogen-bond acceptors (Lipinski definition) is 3. The lowest BCUT2D eigenvalue weighted by molar-refractivity contribution is 0.0762. The lowest BCUT2D eigenvalue weighted by atomic mass is 10.1. The molecule has 1 N–H and O–H groups in total. The summed E-state index contributed by atoms with van der Waals surface area (Å²) in [5, 5.41) is 3.40. The number of urea groups is 1. The molecule has 1 saturated heterocycles. The van der Waals surface area contributed by atoms with Gasteiger partial charge in [0.2, 0.25) is 0 Å². The number of rotatable bonds is 3. The van der Waals surface area contributed by atoms with Crippen molar-refractivity contribution in [2.75, 3.05) is 31.5 Å². The van der Waals surface area contributed by atoms with Crippen molar-refractivity contribution < 1.29 is 14.4 Å². The lowest BCUT2D eigenvalue weighted by Gasteiger charge is -2.22. The van der Waals surface area contributed by atoms with Gasteiger partial charge in [-0.3, -0.25) is 9.59 Å². The molecule has 146 valence electrons. The Morgan fingerprint density at radius 3 is 2.21 bits per heavy atom. The molecular formula is C21H22ClN3O3. The zero-order valence-corrected chi connectivity index (χ0v) is 16.4. The molecule has 1 aliphatic rings. The molecule has 0 atom stereocenters. The molecule has 0 spiro atoms. The molecule has 0 aliphatic carbocycles. The quantitative estimate of drug-likeness (QED) is 0.795. The van der Waals surface area contributed by atoms with Crippen LogP contribution in [0.15, 0.2) is 48.5 Å². The molecule has 3 amide bonds. The zero-order chi connectivity index (χ0) is 20.1. The van der Waals surface area contributed by atoms with Gasteiger partial charge < -0.3 is 15.1 Å². The molecule has 2 aromatic rings. The number of carbonyl (C=O) groups excluding carboxylic acids is 3. The van der Waals surface area contributed by atoms with Crippen molar-refractivity contribution in [2.45, 2.75) is 13.3 Å². The predicted molar refractivity (Wildman–Crippen MR) is 109 cm³/mol. The number of ketones is 1. The number of nitrogens with zero attached hydrogens (tertiary/aromatic N) is 2. The van der Waals surface area contributed by atoms with Crippen molar-refractivity contribution in [1.82, 2.24) is 9.80 Å². The third-order valence-electron chi connectivity index (χ3n) is 4.68. The molecule has 0 saturated carbocycles. The van der Waals surface area contributed by atoms with Crippen LogP contribution >= 0.6 is 11.6 Å². The number of amides is 3. The van der Waals surface area contributed by atoms with Crippen LogP contribution in [0.5, 0.6) is 0 Å². The summed E-state index contributed by atoms with van der Waals surface area (Å²) in [5.74, 6) is -0.123. The van der Waals surface area contributed by atoms with E-state index in [0.29, 0.717) is 54.4 Å². The van der Waals surface area contributed by atoms with E-state index in [1.807, 2.05) is 0 Å². The van der Waals surface area contributed by atoms with Crippen molar-refractivity contribution >= 4 is 35.0 Å². The summed E-state index contributed by atoms with van der Waals surface area (Å²) in [6, 6.07) is 13.5. The lowest BCUT2D eigenvalue weighted by Crippen LogP contribution is -2.39. The molecule has 0 bridgehead atoms. The van der Waals surface area contributed by atoms with E-state index in [1.165, 1.54) is 6.92 Å². The van der Waals surface area contributed by atoms with E-state index in [4.69, 9.17) is 11.6 Å². The molecule has 6 nitrogen and oxygen atoms in total. The first kappa shape index (κ1) is 19.9. The molecule has 1 heterocycles. The van der Waals surface area contributed by atoms with Crippen LogP contribution in [-0.2, 0) is 0 Å². The fourth-order valence-electron chi connectivity index (χ4n) is 3.12. The third kappa shape index (κ3) is 4.89. The molecular weight excluding hydrogens is 378 g/mol. The van der Waals surface area contributed by atoms with Crippen LogP contribution in [0.2, 0.25) is 5.02 Å². The number of anilines is 1. The first-order valence-corrected chi connectivity index (χ1v) is 9.53. The smallest absolute Gasteiger partial charge is 0.321 e. The number of hydrogen-bond donors (Lipinski definition) is 1. The first-order valence-electron chi connectivity index (χ1n) is 9.16. The van der Waals surface area contributed by atoms with E-state index in [0.717, 1.165) is 0 Å². The molecule has 1 fully saturated rings.